The number of alkyl halides is 1. The molecular weight excluding hydrogens is 982 g/mol. The lowest BCUT2D eigenvalue weighted by molar-refractivity contribution is -0.137. The molecule has 4 fully saturated rings. The minimum atomic E-state index is -1.27. The van der Waals surface area contributed by atoms with E-state index in [1.165, 1.54) is 19.1 Å². The molecule has 4 N–H and O–H groups in total. The number of hydrogen-bond acceptors (Lipinski definition) is 12. The number of aromatic amines is 2. The number of amides is 4. The topological polar surface area (TPSA) is 207 Å². The molecule has 4 aromatic heterocycles. The molecule has 12 rings (SSSR count). The largest absolute Gasteiger partial charge is 0.464 e. The molecule has 0 spiro atoms. The molecule has 5 aliphatic rings. The second kappa shape index (κ2) is 20.4. The van der Waals surface area contributed by atoms with Gasteiger partial charge in [-0.15, -0.1) is 11.3 Å². The van der Waals surface area contributed by atoms with Crippen molar-refractivity contribution in [3.05, 3.63) is 102 Å². The highest BCUT2D eigenvalue weighted by Crippen LogP contribution is 2.48. The third-order valence-electron chi connectivity index (χ3n) is 15.7. The second-order valence-corrected chi connectivity index (χ2v) is 21.2. The van der Waals surface area contributed by atoms with Gasteiger partial charge in [-0.05, 0) is 98.2 Å². The van der Waals surface area contributed by atoms with Gasteiger partial charge in [-0.25, -0.2) is 23.9 Å². The third kappa shape index (κ3) is 9.26. The molecule has 6 atom stereocenters. The number of likely N-dealkylation sites (tertiary alicyclic amines) is 2. The summed E-state index contributed by atoms with van der Waals surface area (Å²) in [5, 5.41) is 7.69. The lowest BCUT2D eigenvalue weighted by Gasteiger charge is -2.34. The first-order chi connectivity index (χ1) is 36.6. The van der Waals surface area contributed by atoms with E-state index in [4.69, 9.17) is 33.7 Å². The number of methoxy groups -OCH3 is 2. The van der Waals surface area contributed by atoms with Gasteiger partial charge < -0.3 is 54.1 Å². The smallest absolute Gasteiger partial charge is 0.407 e. The second-order valence-electron chi connectivity index (χ2n) is 20.1. The van der Waals surface area contributed by atoms with Crippen LogP contribution < -0.4 is 15.4 Å². The molecule has 9 heterocycles. The van der Waals surface area contributed by atoms with Crippen LogP contribution in [0.2, 0.25) is 0 Å². The maximum atomic E-state index is 15.4. The van der Waals surface area contributed by atoms with Crippen LogP contribution in [0.4, 0.5) is 14.0 Å². The Morgan fingerprint density at radius 3 is 2.03 bits per heavy atom. The van der Waals surface area contributed by atoms with Gasteiger partial charge in [-0.1, -0.05) is 30.3 Å². The summed E-state index contributed by atoms with van der Waals surface area (Å²) in [6.07, 6.45) is 4.47. The number of H-pyrrole nitrogens is 2. The first kappa shape index (κ1) is 48.6. The molecule has 390 valence electrons. The highest BCUT2D eigenvalue weighted by atomic mass is 32.1. The molecule has 6 unspecified atom stereocenters. The summed E-state index contributed by atoms with van der Waals surface area (Å²) < 4.78 is 46.8. The fourth-order valence-electron chi connectivity index (χ4n) is 11.8. The molecule has 7 aromatic rings. The Bertz CT molecular complexity index is 3250. The van der Waals surface area contributed by atoms with Crippen molar-refractivity contribution in [2.75, 3.05) is 53.7 Å². The van der Waals surface area contributed by atoms with E-state index in [1.807, 2.05) is 41.4 Å². The van der Waals surface area contributed by atoms with E-state index in [-0.39, 0.29) is 42.7 Å². The van der Waals surface area contributed by atoms with Crippen molar-refractivity contribution in [3.63, 3.8) is 0 Å². The van der Waals surface area contributed by atoms with Gasteiger partial charge in [0.15, 0.2) is 0 Å². The number of thiophene rings is 1. The summed E-state index contributed by atoms with van der Waals surface area (Å²) in [6, 6.07) is 22.5. The molecule has 4 saturated heterocycles. The summed E-state index contributed by atoms with van der Waals surface area (Å²) >= 11 is 1.69. The maximum Gasteiger partial charge on any atom is 0.407 e. The van der Waals surface area contributed by atoms with Crippen LogP contribution in [0.25, 0.3) is 54.8 Å². The lowest BCUT2D eigenvalue weighted by atomic mass is 9.90. The molecular formula is C55H58FN9O9S. The average Bonchev–Trinajstić information content (AvgIpc) is 4.34. The first-order valence-electron chi connectivity index (χ1n) is 25.8. The number of benzene rings is 3. The lowest BCUT2D eigenvalue weighted by Crippen LogP contribution is -2.53. The quantitative estimate of drug-likeness (QED) is 0.0963. The van der Waals surface area contributed by atoms with Gasteiger partial charge in [0.2, 0.25) is 18.0 Å². The number of nitrogens with one attached hydrogen (secondary N) is 4. The Hall–Kier alpha value is -7.29. The highest BCUT2D eigenvalue weighted by Gasteiger charge is 2.44. The summed E-state index contributed by atoms with van der Waals surface area (Å²) in [5.41, 5.74) is 6.07. The van der Waals surface area contributed by atoms with Crippen LogP contribution >= 0.6 is 11.3 Å². The Morgan fingerprint density at radius 2 is 1.36 bits per heavy atom. The van der Waals surface area contributed by atoms with Crippen LogP contribution in [0.5, 0.6) is 5.75 Å². The molecule has 75 heavy (non-hydrogen) atoms. The summed E-state index contributed by atoms with van der Waals surface area (Å²) in [6.45, 7) is 2.43. The standard InChI is InChI=1S/C55H58FN9O9S/c1-70-54(68)61-47(30-13-18-72-19-14-30)51(66)63-17-5-7-41(63)49-57-27-38(59-49)32-10-12-40-35(22-32)23-42-37-11-9-33(24-44(37)74-53(65(40)42)46-25-34-6-3-4-8-45(34)75-46)39-28-58-50(60-39)43-26-36(56)29-64(43)52(67)48(62-55(69)71-2)31-15-20-73-21-16-31/h3-4,6,8-12,22-25,27-28,30-31,36,41,43,47-48,53H,5,7,13-21,26,29H2,1-2H3,(H,57,59)(H,58,60)(H,61,68)(H,62,69). The fourth-order valence-corrected chi connectivity index (χ4v) is 12.9. The molecule has 0 radical (unpaired) electrons. The Balaban J connectivity index is 0.843. The molecule has 3 aromatic carbocycles. The fraction of sp³-hybridized carbons (Fsp3) is 0.418. The van der Waals surface area contributed by atoms with Gasteiger partial charge in [-0.3, -0.25) is 14.2 Å². The van der Waals surface area contributed by atoms with E-state index < -0.39 is 42.7 Å². The van der Waals surface area contributed by atoms with Crippen molar-refractivity contribution in [1.29, 1.82) is 0 Å². The van der Waals surface area contributed by atoms with E-state index >= 15 is 4.39 Å². The molecule has 18 nitrogen and oxygen atoms in total. The van der Waals surface area contributed by atoms with Gasteiger partial charge >= 0.3 is 12.2 Å². The van der Waals surface area contributed by atoms with Crippen LogP contribution in [-0.4, -0.2) is 130 Å². The molecule has 4 amide bonds. The van der Waals surface area contributed by atoms with E-state index in [0.29, 0.717) is 81.7 Å². The first-order valence-corrected chi connectivity index (χ1v) is 26.6. The maximum absolute atomic E-state index is 15.4. The summed E-state index contributed by atoms with van der Waals surface area (Å²) in [7, 11) is 2.56. The average molecular weight is 1040 g/mol. The predicted molar refractivity (Wildman–Crippen MR) is 277 cm³/mol. The van der Waals surface area contributed by atoms with E-state index in [9.17, 15) is 19.2 Å². The highest BCUT2D eigenvalue weighted by molar-refractivity contribution is 7.19. The normalized spacial score (nSPS) is 21.9. The number of alkyl carbamates (subject to hydrolysis) is 2. The number of carbonyl (C=O) groups excluding carboxylic acids is 4. The van der Waals surface area contributed by atoms with Crippen LogP contribution in [-0.2, 0) is 28.5 Å². The number of nitrogens with zero attached hydrogens (tertiary/aromatic N) is 5. The Labute approximate surface area is 435 Å². The van der Waals surface area contributed by atoms with Crippen molar-refractivity contribution < 1.29 is 47.3 Å². The summed E-state index contributed by atoms with van der Waals surface area (Å²) in [5.74, 6) is 1.04. The van der Waals surface area contributed by atoms with Crippen molar-refractivity contribution in [1.82, 2.24) is 44.9 Å². The minimum absolute atomic E-state index is 0.0602. The minimum Gasteiger partial charge on any atom is -0.464 e. The van der Waals surface area contributed by atoms with Crippen LogP contribution in [0, 0.1) is 11.8 Å². The number of fused-ring (bicyclic) bond motifs is 6. The zero-order valence-corrected chi connectivity index (χ0v) is 42.4. The molecule has 0 bridgehead atoms. The molecule has 20 heteroatoms. The number of halogens is 1. The molecule has 0 aliphatic carbocycles. The zero-order valence-electron chi connectivity index (χ0n) is 41.6. The van der Waals surface area contributed by atoms with Crippen molar-refractivity contribution in [2.45, 2.75) is 81.5 Å². The van der Waals surface area contributed by atoms with Crippen LogP contribution in [0.3, 0.4) is 0 Å². The van der Waals surface area contributed by atoms with E-state index in [1.54, 1.807) is 17.5 Å². The predicted octanol–water partition coefficient (Wildman–Crippen LogP) is 8.82. The monoisotopic (exact) mass is 1040 g/mol. The number of rotatable bonds is 11. The van der Waals surface area contributed by atoms with Gasteiger partial charge in [-0.2, -0.15) is 0 Å². The van der Waals surface area contributed by atoms with Crippen molar-refractivity contribution in [2.24, 2.45) is 11.8 Å². The van der Waals surface area contributed by atoms with Crippen molar-refractivity contribution in [3.8, 4) is 39.5 Å². The van der Waals surface area contributed by atoms with Gasteiger partial charge in [0.25, 0.3) is 0 Å². The van der Waals surface area contributed by atoms with Crippen molar-refractivity contribution >= 4 is 56.3 Å². The third-order valence-corrected chi connectivity index (χ3v) is 16.8. The number of aromatic nitrogens is 5. The number of ether oxygens (including phenoxy) is 5. The number of hydrogen-bond donors (Lipinski definition) is 4. The van der Waals surface area contributed by atoms with Gasteiger partial charge in [0.05, 0.1) is 72.7 Å². The van der Waals surface area contributed by atoms with Gasteiger partial charge in [0.1, 0.15) is 35.7 Å². The van der Waals surface area contributed by atoms with E-state index in [2.05, 4.69) is 67.6 Å². The zero-order chi connectivity index (χ0) is 51.3. The van der Waals surface area contributed by atoms with Gasteiger partial charge in [0, 0.05) is 66.2 Å². The SMILES string of the molecule is COC(=O)NC(C(=O)N1CCCC1c1ncc(-c2ccc3c(c2)cc2n3C(c3cc4ccccc4s3)Oc3cc(-c4cnc(C5CC(F)CN5C(=O)C(NC(=O)OC)C5CCOCC5)[nH]4)ccc3-2)[nH]1)C1CCOCC1. The van der Waals surface area contributed by atoms with Crippen LogP contribution in [0.15, 0.2) is 85.2 Å². The Morgan fingerprint density at radius 1 is 0.733 bits per heavy atom. The Kier molecular flexibility index (Phi) is 13.3. The van der Waals surface area contributed by atoms with E-state index in [0.717, 1.165) is 66.8 Å². The molecule has 5 aliphatic heterocycles. The summed E-state index contributed by atoms with van der Waals surface area (Å²) in [4.78, 5) is 74.3. The number of imidazole rings is 2. The molecule has 0 saturated carbocycles. The number of carbonyl (C=O) groups is 4. The van der Waals surface area contributed by atoms with Crippen LogP contribution in [0.1, 0.15) is 79.8 Å².